The number of halogens is 1. The maximum atomic E-state index is 12.8. The van der Waals surface area contributed by atoms with Gasteiger partial charge in [-0.05, 0) is 41.3 Å². The topological polar surface area (TPSA) is 62.0 Å². The van der Waals surface area contributed by atoms with E-state index in [0.29, 0.717) is 11.3 Å². The highest BCUT2D eigenvalue weighted by Crippen LogP contribution is 2.19. The third-order valence-electron chi connectivity index (χ3n) is 3.10. The van der Waals surface area contributed by atoms with E-state index in [4.69, 9.17) is 0 Å². The van der Waals surface area contributed by atoms with Crippen LogP contribution in [0.2, 0.25) is 0 Å². The Labute approximate surface area is 121 Å². The zero-order valence-electron chi connectivity index (χ0n) is 11.0. The number of hydrogen-bond donors (Lipinski definition) is 2. The van der Waals surface area contributed by atoms with E-state index >= 15 is 0 Å². The minimum Gasteiger partial charge on any atom is -0.361 e. The van der Waals surface area contributed by atoms with Gasteiger partial charge in [-0.1, -0.05) is 18.2 Å². The van der Waals surface area contributed by atoms with E-state index in [1.807, 2.05) is 12.1 Å². The van der Waals surface area contributed by atoms with Crippen LogP contribution < -0.4 is 4.72 Å². The van der Waals surface area contributed by atoms with Gasteiger partial charge < -0.3 is 4.98 Å². The number of rotatable bonds is 4. The zero-order valence-corrected chi connectivity index (χ0v) is 11.8. The van der Waals surface area contributed by atoms with Crippen LogP contribution in [-0.4, -0.2) is 13.4 Å². The van der Waals surface area contributed by atoms with Crippen LogP contribution in [0.3, 0.4) is 0 Å². The zero-order chi connectivity index (χ0) is 14.9. The summed E-state index contributed by atoms with van der Waals surface area (Å²) in [5.74, 6) is -0.586. The summed E-state index contributed by atoms with van der Waals surface area (Å²) in [5, 5.41) is 1.01. The third-order valence-corrected chi connectivity index (χ3v) is 4.36. The van der Waals surface area contributed by atoms with Crippen molar-refractivity contribution in [3.05, 3.63) is 66.1 Å². The molecule has 0 aliphatic rings. The number of sulfonamides is 1. The standard InChI is InChI=1S/C15H13FN2O2S/c16-13-4-1-11(2-5-13)10-21(19,20)18-14-6-3-12-7-8-17-15(12)9-14/h1-9,17-18H,10H2. The highest BCUT2D eigenvalue weighted by molar-refractivity contribution is 7.91. The van der Waals surface area contributed by atoms with Gasteiger partial charge in [-0.2, -0.15) is 0 Å². The molecule has 0 spiro atoms. The highest BCUT2D eigenvalue weighted by atomic mass is 32.2. The Bertz CT molecular complexity index is 870. The highest BCUT2D eigenvalue weighted by Gasteiger charge is 2.12. The Hall–Kier alpha value is -2.34. The number of hydrogen-bond acceptors (Lipinski definition) is 2. The maximum absolute atomic E-state index is 12.8. The van der Waals surface area contributed by atoms with Crippen molar-refractivity contribution in [2.45, 2.75) is 5.75 Å². The largest absolute Gasteiger partial charge is 0.361 e. The van der Waals surface area contributed by atoms with Gasteiger partial charge in [-0.3, -0.25) is 4.72 Å². The normalized spacial score (nSPS) is 11.7. The first-order chi connectivity index (χ1) is 10.0. The van der Waals surface area contributed by atoms with Crippen LogP contribution in [0.15, 0.2) is 54.7 Å². The fourth-order valence-corrected chi connectivity index (χ4v) is 3.32. The van der Waals surface area contributed by atoms with Crippen molar-refractivity contribution in [3.63, 3.8) is 0 Å². The molecular weight excluding hydrogens is 291 g/mol. The third kappa shape index (κ3) is 3.22. The molecule has 0 bridgehead atoms. The molecule has 3 rings (SSSR count). The molecular formula is C15H13FN2O2S. The Kier molecular flexibility index (Phi) is 3.39. The molecule has 0 saturated heterocycles. The lowest BCUT2D eigenvalue weighted by Crippen LogP contribution is -2.15. The lowest BCUT2D eigenvalue weighted by Gasteiger charge is -2.08. The maximum Gasteiger partial charge on any atom is 0.236 e. The first-order valence-electron chi connectivity index (χ1n) is 6.34. The van der Waals surface area contributed by atoms with Crippen molar-refractivity contribution in [2.75, 3.05) is 4.72 Å². The average molecular weight is 304 g/mol. The quantitative estimate of drug-likeness (QED) is 0.777. The van der Waals surface area contributed by atoms with Crippen LogP contribution in [-0.2, 0) is 15.8 Å². The number of benzene rings is 2. The summed E-state index contributed by atoms with van der Waals surface area (Å²) < 4.78 is 39.6. The molecule has 0 radical (unpaired) electrons. The average Bonchev–Trinajstić information content (AvgIpc) is 2.88. The Morgan fingerprint density at radius 1 is 1.05 bits per heavy atom. The molecule has 0 saturated carbocycles. The van der Waals surface area contributed by atoms with E-state index < -0.39 is 10.0 Å². The summed E-state index contributed by atoms with van der Waals surface area (Å²) >= 11 is 0. The molecule has 0 aliphatic carbocycles. The number of aromatic nitrogens is 1. The number of H-pyrrole nitrogens is 1. The molecule has 0 fully saturated rings. The number of anilines is 1. The van der Waals surface area contributed by atoms with Crippen molar-refractivity contribution >= 4 is 26.6 Å². The summed E-state index contributed by atoms with van der Waals surface area (Å²) in [6.07, 6.45) is 1.79. The van der Waals surface area contributed by atoms with E-state index in [9.17, 15) is 12.8 Å². The number of fused-ring (bicyclic) bond motifs is 1. The van der Waals surface area contributed by atoms with E-state index in [-0.39, 0.29) is 11.6 Å². The van der Waals surface area contributed by atoms with Gasteiger partial charge in [0.1, 0.15) is 5.82 Å². The number of aromatic amines is 1. The van der Waals surface area contributed by atoms with Gasteiger partial charge in [-0.25, -0.2) is 12.8 Å². The molecule has 0 amide bonds. The lowest BCUT2D eigenvalue weighted by atomic mass is 10.2. The van der Waals surface area contributed by atoms with Crippen LogP contribution in [0.1, 0.15) is 5.56 Å². The van der Waals surface area contributed by atoms with Crippen molar-refractivity contribution in [2.24, 2.45) is 0 Å². The Morgan fingerprint density at radius 2 is 1.81 bits per heavy atom. The van der Waals surface area contributed by atoms with Crippen molar-refractivity contribution in [3.8, 4) is 0 Å². The Balaban J connectivity index is 1.80. The van der Waals surface area contributed by atoms with Gasteiger partial charge in [-0.15, -0.1) is 0 Å². The van der Waals surface area contributed by atoms with Crippen LogP contribution in [0.5, 0.6) is 0 Å². The SMILES string of the molecule is O=S(=O)(Cc1ccc(F)cc1)Nc1ccc2cc[nH]c2c1. The molecule has 21 heavy (non-hydrogen) atoms. The van der Waals surface area contributed by atoms with Crippen LogP contribution >= 0.6 is 0 Å². The second kappa shape index (κ2) is 5.21. The first kappa shape index (κ1) is 13.6. The molecule has 0 unspecified atom stereocenters. The predicted octanol–water partition coefficient (Wildman–Crippen LogP) is 3.25. The molecule has 1 heterocycles. The minimum absolute atomic E-state index is 0.198. The van der Waals surface area contributed by atoms with E-state index in [2.05, 4.69) is 9.71 Å². The van der Waals surface area contributed by atoms with Crippen molar-refractivity contribution in [1.29, 1.82) is 0 Å². The van der Waals surface area contributed by atoms with E-state index in [1.54, 1.807) is 18.3 Å². The van der Waals surface area contributed by atoms with Crippen LogP contribution in [0.4, 0.5) is 10.1 Å². The van der Waals surface area contributed by atoms with Gasteiger partial charge in [0.15, 0.2) is 0 Å². The van der Waals surface area contributed by atoms with Crippen molar-refractivity contribution < 1.29 is 12.8 Å². The fourth-order valence-electron chi connectivity index (χ4n) is 2.13. The van der Waals surface area contributed by atoms with Gasteiger partial charge >= 0.3 is 0 Å². The molecule has 3 aromatic rings. The molecule has 2 aromatic carbocycles. The van der Waals surface area contributed by atoms with Crippen molar-refractivity contribution in [1.82, 2.24) is 4.98 Å². The minimum atomic E-state index is -3.54. The van der Waals surface area contributed by atoms with E-state index in [0.717, 1.165) is 10.9 Å². The first-order valence-corrected chi connectivity index (χ1v) is 7.99. The molecule has 108 valence electrons. The summed E-state index contributed by atoms with van der Waals surface area (Å²) in [5.41, 5.74) is 1.88. The smallest absolute Gasteiger partial charge is 0.236 e. The predicted molar refractivity (Wildman–Crippen MR) is 80.9 cm³/mol. The summed E-state index contributed by atoms with van der Waals surface area (Å²) in [7, 11) is -3.54. The summed E-state index contributed by atoms with van der Waals surface area (Å²) in [4.78, 5) is 3.03. The summed E-state index contributed by atoms with van der Waals surface area (Å²) in [6.45, 7) is 0. The van der Waals surface area contributed by atoms with Gasteiger partial charge in [0.25, 0.3) is 0 Å². The number of nitrogens with one attached hydrogen (secondary N) is 2. The second-order valence-electron chi connectivity index (χ2n) is 4.77. The molecule has 4 nitrogen and oxygen atoms in total. The van der Waals surface area contributed by atoms with Crippen LogP contribution in [0, 0.1) is 5.82 Å². The van der Waals surface area contributed by atoms with Gasteiger partial charge in [0.2, 0.25) is 10.0 Å². The second-order valence-corrected chi connectivity index (χ2v) is 6.49. The van der Waals surface area contributed by atoms with Gasteiger partial charge in [0, 0.05) is 11.7 Å². The molecule has 0 atom stereocenters. The monoisotopic (exact) mass is 304 g/mol. The molecule has 0 aliphatic heterocycles. The molecule has 1 aromatic heterocycles. The molecule has 6 heteroatoms. The summed E-state index contributed by atoms with van der Waals surface area (Å²) in [6, 6.07) is 12.6. The van der Waals surface area contributed by atoms with Gasteiger partial charge in [0.05, 0.1) is 11.4 Å². The molecule has 2 N–H and O–H groups in total. The van der Waals surface area contributed by atoms with Crippen LogP contribution in [0.25, 0.3) is 10.9 Å². The lowest BCUT2D eigenvalue weighted by molar-refractivity contribution is 0.600. The Morgan fingerprint density at radius 3 is 2.57 bits per heavy atom. The van der Waals surface area contributed by atoms with E-state index in [1.165, 1.54) is 24.3 Å². The fraction of sp³-hybridized carbons (Fsp3) is 0.0667.